The van der Waals surface area contributed by atoms with E-state index < -0.39 is 23.9 Å². The normalized spacial score (nSPS) is 11.3. The van der Waals surface area contributed by atoms with Crippen LogP contribution in [0.25, 0.3) is 0 Å². The second-order valence-electron chi connectivity index (χ2n) is 7.80. The second kappa shape index (κ2) is 13.3. The Labute approximate surface area is 199 Å². The molecule has 0 unspecified atom stereocenters. The highest BCUT2D eigenvalue weighted by Crippen LogP contribution is 2.12. The summed E-state index contributed by atoms with van der Waals surface area (Å²) in [4.78, 5) is 42.6. The van der Waals surface area contributed by atoms with Gasteiger partial charge in [0.05, 0.1) is 0 Å². The summed E-state index contributed by atoms with van der Waals surface area (Å²) in [5.74, 6) is 5.77. The summed E-state index contributed by atoms with van der Waals surface area (Å²) in [6, 6.07) is 8.53. The van der Waals surface area contributed by atoms with Gasteiger partial charge >= 0.3 is 12.0 Å². The summed E-state index contributed by atoms with van der Waals surface area (Å²) in [5.41, 5.74) is 1.67. The lowest BCUT2D eigenvalue weighted by atomic mass is 10.1. The number of carbonyl (C=O) groups is 3. The fourth-order valence-corrected chi connectivity index (χ4v) is 3.88. The number of imide groups is 1. The zero-order valence-corrected chi connectivity index (χ0v) is 19.9. The van der Waals surface area contributed by atoms with Gasteiger partial charge in [-0.25, -0.2) is 9.59 Å². The molecule has 1 aromatic heterocycles. The van der Waals surface area contributed by atoms with Crippen LogP contribution in [0.15, 0.2) is 48.8 Å². The Morgan fingerprint density at radius 3 is 2.48 bits per heavy atom. The van der Waals surface area contributed by atoms with Gasteiger partial charge in [-0.1, -0.05) is 38.7 Å². The number of hydrogen-bond donors (Lipinski definition) is 2. The molecule has 0 radical (unpaired) electrons. The number of amides is 3. The maximum Gasteiger partial charge on any atom is 0.327 e. The number of aromatic nitrogens is 1. The molecule has 2 N–H and O–H groups in total. The number of thioether (sulfide) groups is 1. The maximum atomic E-state index is 13.1. The molecular formula is C25H29N3O4S. The van der Waals surface area contributed by atoms with E-state index >= 15 is 0 Å². The van der Waals surface area contributed by atoms with Crippen molar-refractivity contribution in [2.45, 2.75) is 33.2 Å². The lowest BCUT2D eigenvalue weighted by Gasteiger charge is -2.23. The van der Waals surface area contributed by atoms with Crippen LogP contribution in [0.5, 0.6) is 0 Å². The predicted octanol–water partition coefficient (Wildman–Crippen LogP) is 3.89. The molecule has 0 saturated carbocycles. The summed E-state index contributed by atoms with van der Waals surface area (Å²) in [6.45, 7) is 6.09. The van der Waals surface area contributed by atoms with Crippen LogP contribution in [-0.2, 0) is 4.79 Å². The molecule has 2 aromatic rings. The second-order valence-corrected chi connectivity index (χ2v) is 8.88. The van der Waals surface area contributed by atoms with E-state index in [0.717, 1.165) is 16.2 Å². The van der Waals surface area contributed by atoms with Crippen molar-refractivity contribution in [3.8, 4) is 11.8 Å². The van der Waals surface area contributed by atoms with Crippen LogP contribution in [0.4, 0.5) is 4.79 Å². The van der Waals surface area contributed by atoms with Gasteiger partial charge in [0.1, 0.15) is 6.04 Å². The van der Waals surface area contributed by atoms with Crippen molar-refractivity contribution in [3.63, 3.8) is 0 Å². The van der Waals surface area contributed by atoms with Crippen molar-refractivity contribution in [3.05, 3.63) is 65.5 Å². The topological polar surface area (TPSA) is 99.6 Å². The van der Waals surface area contributed by atoms with Gasteiger partial charge in [-0.05, 0) is 48.4 Å². The minimum absolute atomic E-state index is 0.168. The molecule has 1 aromatic carbocycles. The first-order valence-corrected chi connectivity index (χ1v) is 11.9. The van der Waals surface area contributed by atoms with Crippen LogP contribution >= 0.6 is 11.8 Å². The largest absolute Gasteiger partial charge is 0.480 e. The number of benzene rings is 1. The number of hydrogen-bond acceptors (Lipinski definition) is 5. The average Bonchev–Trinajstić information content (AvgIpc) is 2.80. The van der Waals surface area contributed by atoms with Crippen LogP contribution in [0, 0.1) is 17.8 Å². The van der Waals surface area contributed by atoms with Gasteiger partial charge in [0, 0.05) is 41.4 Å². The van der Waals surface area contributed by atoms with Crippen LogP contribution in [0.3, 0.4) is 0 Å². The molecule has 8 heteroatoms. The van der Waals surface area contributed by atoms with Gasteiger partial charge in [-0.3, -0.25) is 14.7 Å². The van der Waals surface area contributed by atoms with E-state index in [-0.39, 0.29) is 12.3 Å². The van der Waals surface area contributed by atoms with Crippen LogP contribution in [0.1, 0.15) is 48.7 Å². The van der Waals surface area contributed by atoms with E-state index in [4.69, 9.17) is 0 Å². The number of nitrogens with one attached hydrogen (secondary N) is 1. The molecule has 0 aliphatic carbocycles. The Balaban J connectivity index is 2.16. The highest BCUT2D eigenvalue weighted by molar-refractivity contribution is 7.99. The number of carboxylic acid groups (broad SMARTS) is 1. The predicted molar refractivity (Wildman–Crippen MR) is 130 cm³/mol. The molecule has 1 atom stereocenters. The Morgan fingerprint density at radius 2 is 1.85 bits per heavy atom. The van der Waals surface area contributed by atoms with Crippen LogP contribution in [0.2, 0.25) is 0 Å². The standard InChI is InChI=1S/C25H29N3O4S/c1-4-13-28(25(32)27-22(24(30)31)17-33-16-18(2)3)23(29)21-9-5-7-19(14-21)10-11-20-8-6-12-26-15-20/h5-9,12,14-15,18,22H,4,13,16-17H2,1-3H3,(H,27,32)(H,30,31)/t22-/m0/s1. The SMILES string of the molecule is CCCN(C(=O)N[C@@H](CSCC(C)C)C(=O)O)C(=O)c1cccc(C#Cc2cccnc2)c1. The third-order valence-corrected chi connectivity index (χ3v) is 5.86. The van der Waals surface area contributed by atoms with Crippen molar-refractivity contribution in [2.24, 2.45) is 5.92 Å². The molecule has 3 amide bonds. The van der Waals surface area contributed by atoms with E-state index in [0.29, 0.717) is 23.5 Å². The van der Waals surface area contributed by atoms with Crippen molar-refractivity contribution in [1.29, 1.82) is 0 Å². The fraction of sp³-hybridized carbons (Fsp3) is 0.360. The maximum absolute atomic E-state index is 13.1. The molecule has 0 aliphatic rings. The lowest BCUT2D eigenvalue weighted by molar-refractivity contribution is -0.138. The minimum Gasteiger partial charge on any atom is -0.480 e. The first-order valence-electron chi connectivity index (χ1n) is 10.8. The highest BCUT2D eigenvalue weighted by Gasteiger charge is 2.27. The quantitative estimate of drug-likeness (QED) is 0.543. The van der Waals surface area contributed by atoms with Gasteiger partial charge in [-0.2, -0.15) is 11.8 Å². The number of pyridine rings is 1. The zero-order chi connectivity index (χ0) is 24.2. The number of aliphatic carboxylic acids is 1. The molecule has 2 rings (SSSR count). The summed E-state index contributed by atoms with van der Waals surface area (Å²) in [7, 11) is 0. The summed E-state index contributed by atoms with van der Waals surface area (Å²) in [6.07, 6.45) is 3.85. The number of carboxylic acids is 1. The Bertz CT molecular complexity index is 1020. The number of nitrogens with zero attached hydrogens (tertiary/aromatic N) is 2. The van der Waals surface area contributed by atoms with Crippen molar-refractivity contribution in [1.82, 2.24) is 15.2 Å². The lowest BCUT2D eigenvalue weighted by Crippen LogP contribution is -2.51. The van der Waals surface area contributed by atoms with Crippen molar-refractivity contribution >= 4 is 29.7 Å². The summed E-state index contributed by atoms with van der Waals surface area (Å²) >= 11 is 1.46. The first-order chi connectivity index (χ1) is 15.8. The van der Waals surface area contributed by atoms with Gasteiger partial charge in [0.25, 0.3) is 5.91 Å². The highest BCUT2D eigenvalue weighted by atomic mass is 32.2. The number of rotatable bonds is 9. The molecule has 1 heterocycles. The average molecular weight is 468 g/mol. The summed E-state index contributed by atoms with van der Waals surface area (Å²) < 4.78 is 0. The van der Waals surface area contributed by atoms with Crippen molar-refractivity contribution in [2.75, 3.05) is 18.1 Å². The fourth-order valence-electron chi connectivity index (χ4n) is 2.81. The van der Waals surface area contributed by atoms with Gasteiger partial charge in [0.2, 0.25) is 0 Å². The van der Waals surface area contributed by atoms with Gasteiger partial charge in [-0.15, -0.1) is 0 Å². The first kappa shape index (κ1) is 25.9. The minimum atomic E-state index is -1.13. The molecule has 7 nitrogen and oxygen atoms in total. The molecular weight excluding hydrogens is 438 g/mol. The summed E-state index contributed by atoms with van der Waals surface area (Å²) in [5, 5.41) is 12.0. The van der Waals surface area contributed by atoms with Crippen LogP contribution in [-0.4, -0.2) is 57.0 Å². The smallest absolute Gasteiger partial charge is 0.327 e. The molecule has 174 valence electrons. The van der Waals surface area contributed by atoms with E-state index in [1.54, 1.807) is 42.7 Å². The van der Waals surface area contributed by atoms with Crippen molar-refractivity contribution < 1.29 is 19.5 Å². The monoisotopic (exact) mass is 467 g/mol. The van der Waals surface area contributed by atoms with Crippen LogP contribution < -0.4 is 5.32 Å². The van der Waals surface area contributed by atoms with E-state index in [1.165, 1.54) is 11.8 Å². The molecule has 0 bridgehead atoms. The van der Waals surface area contributed by atoms with Gasteiger partial charge in [0.15, 0.2) is 0 Å². The molecule has 0 spiro atoms. The Kier molecular flexibility index (Phi) is 10.4. The zero-order valence-electron chi connectivity index (χ0n) is 19.1. The molecule has 0 aliphatic heterocycles. The third-order valence-electron chi connectivity index (χ3n) is 4.39. The molecule has 0 fully saturated rings. The van der Waals surface area contributed by atoms with E-state index in [1.807, 2.05) is 26.8 Å². The molecule has 0 saturated heterocycles. The van der Waals surface area contributed by atoms with Gasteiger partial charge < -0.3 is 10.4 Å². The van der Waals surface area contributed by atoms with E-state index in [2.05, 4.69) is 22.1 Å². The third kappa shape index (κ3) is 8.62. The molecule has 33 heavy (non-hydrogen) atoms. The number of carbonyl (C=O) groups excluding carboxylic acids is 2. The number of urea groups is 1. The van der Waals surface area contributed by atoms with E-state index in [9.17, 15) is 19.5 Å². The Hall–Kier alpha value is -3.31. The Morgan fingerprint density at radius 1 is 1.12 bits per heavy atom.